The van der Waals surface area contributed by atoms with Crippen LogP contribution in [0.5, 0.6) is 0 Å². The fourth-order valence-electron chi connectivity index (χ4n) is 2.85. The summed E-state index contributed by atoms with van der Waals surface area (Å²) in [7, 11) is 0. The lowest BCUT2D eigenvalue weighted by Gasteiger charge is -2.07. The lowest BCUT2D eigenvalue weighted by atomic mass is 10.1. The van der Waals surface area contributed by atoms with Gasteiger partial charge in [-0.25, -0.2) is 4.68 Å². The quantitative estimate of drug-likeness (QED) is 0.621. The second kappa shape index (κ2) is 6.33. The van der Waals surface area contributed by atoms with Gasteiger partial charge >= 0.3 is 0 Å². The average Bonchev–Trinajstić information content (AvgIpc) is 3.26. The first-order chi connectivity index (χ1) is 12.6. The number of aromatic amines is 1. The number of aromatic nitrogens is 4. The predicted molar refractivity (Wildman–Crippen MR) is 98.5 cm³/mol. The third-order valence-corrected chi connectivity index (χ3v) is 4.05. The van der Waals surface area contributed by atoms with E-state index < -0.39 is 11.5 Å². The summed E-state index contributed by atoms with van der Waals surface area (Å²) in [6.07, 6.45) is 0. The Balaban J connectivity index is 1.88. The normalized spacial score (nSPS) is 10.8. The molecule has 2 heterocycles. The molecule has 0 saturated heterocycles. The van der Waals surface area contributed by atoms with Crippen LogP contribution in [0, 0.1) is 6.92 Å². The predicted octanol–water partition coefficient (Wildman–Crippen LogP) is 3.03. The van der Waals surface area contributed by atoms with E-state index in [1.165, 1.54) is 6.07 Å². The molecule has 26 heavy (non-hydrogen) atoms. The van der Waals surface area contributed by atoms with Gasteiger partial charge < -0.3 is 0 Å². The molecule has 1 N–H and O–H groups in total. The summed E-state index contributed by atoms with van der Waals surface area (Å²) in [5.41, 5.74) is 2.95. The van der Waals surface area contributed by atoms with Crippen LogP contribution in [0.1, 0.15) is 16.2 Å². The van der Waals surface area contributed by atoms with Crippen molar-refractivity contribution in [3.05, 3.63) is 94.5 Å². The number of aryl methyl sites for hydroxylation is 1. The van der Waals surface area contributed by atoms with Crippen LogP contribution in [0.2, 0.25) is 0 Å². The van der Waals surface area contributed by atoms with Gasteiger partial charge in [0.2, 0.25) is 0 Å². The molecule has 0 radical (unpaired) electrons. The van der Waals surface area contributed by atoms with Gasteiger partial charge in [-0.2, -0.15) is 9.78 Å². The van der Waals surface area contributed by atoms with E-state index in [2.05, 4.69) is 10.2 Å². The summed E-state index contributed by atoms with van der Waals surface area (Å²) in [5.74, 6) is -0.491. The Morgan fingerprint density at radius 3 is 2.23 bits per heavy atom. The standard InChI is InChI=1S/C20H16N4O2/c1-14-12-19(25)24(21-14)20(26)17-13-18(15-8-4-2-5-9-15)23(22-17)16-10-6-3-7-11-16/h2-13,21H,1H3. The van der Waals surface area contributed by atoms with Crippen LogP contribution < -0.4 is 5.56 Å². The van der Waals surface area contributed by atoms with Crippen molar-refractivity contribution in [2.75, 3.05) is 0 Å². The van der Waals surface area contributed by atoms with Gasteiger partial charge in [-0.3, -0.25) is 14.7 Å². The molecule has 6 heteroatoms. The van der Waals surface area contributed by atoms with Gasteiger partial charge in [0.1, 0.15) is 0 Å². The number of nitrogens with one attached hydrogen (secondary N) is 1. The molecule has 0 spiro atoms. The van der Waals surface area contributed by atoms with E-state index in [0.29, 0.717) is 5.69 Å². The molecule has 0 atom stereocenters. The zero-order valence-corrected chi connectivity index (χ0v) is 14.1. The maximum absolute atomic E-state index is 12.8. The van der Waals surface area contributed by atoms with E-state index in [0.717, 1.165) is 21.6 Å². The first-order valence-corrected chi connectivity index (χ1v) is 8.18. The number of rotatable bonds is 3. The molecule has 128 valence electrons. The minimum Gasteiger partial charge on any atom is -0.293 e. The van der Waals surface area contributed by atoms with Gasteiger partial charge in [-0.1, -0.05) is 48.5 Å². The number of H-pyrrole nitrogens is 1. The summed E-state index contributed by atoms with van der Waals surface area (Å²) < 4.78 is 2.69. The molecule has 0 fully saturated rings. The topological polar surface area (TPSA) is 72.7 Å². The molecule has 2 aromatic carbocycles. The van der Waals surface area contributed by atoms with Gasteiger partial charge in [0.05, 0.1) is 11.4 Å². The Kier molecular flexibility index (Phi) is 3.85. The van der Waals surface area contributed by atoms with Crippen molar-refractivity contribution in [2.24, 2.45) is 0 Å². The molecular formula is C20H16N4O2. The van der Waals surface area contributed by atoms with Crippen molar-refractivity contribution in [2.45, 2.75) is 6.92 Å². The second-order valence-electron chi connectivity index (χ2n) is 5.95. The Bertz CT molecular complexity index is 1060. The zero-order valence-electron chi connectivity index (χ0n) is 14.1. The minimum atomic E-state index is -0.491. The largest absolute Gasteiger partial charge is 0.300 e. The van der Waals surface area contributed by atoms with Gasteiger partial charge in [-0.15, -0.1) is 0 Å². The SMILES string of the molecule is Cc1cc(=O)n(C(=O)c2cc(-c3ccccc3)n(-c3ccccc3)n2)[nH]1. The summed E-state index contributed by atoms with van der Waals surface area (Å²) in [6.45, 7) is 1.73. The summed E-state index contributed by atoms with van der Waals surface area (Å²) in [5, 5.41) is 7.23. The third-order valence-electron chi connectivity index (χ3n) is 4.05. The highest BCUT2D eigenvalue weighted by atomic mass is 16.2. The van der Waals surface area contributed by atoms with Crippen molar-refractivity contribution in [3.8, 4) is 16.9 Å². The number of nitrogens with zero attached hydrogens (tertiary/aromatic N) is 3. The maximum Gasteiger partial charge on any atom is 0.300 e. The molecule has 4 rings (SSSR count). The van der Waals surface area contributed by atoms with Crippen LogP contribution in [0.25, 0.3) is 16.9 Å². The van der Waals surface area contributed by atoms with Crippen molar-refractivity contribution in [1.29, 1.82) is 0 Å². The van der Waals surface area contributed by atoms with Gasteiger partial charge in [0.25, 0.3) is 11.5 Å². The Morgan fingerprint density at radius 1 is 0.962 bits per heavy atom. The third kappa shape index (κ3) is 2.77. The first-order valence-electron chi connectivity index (χ1n) is 8.18. The fourth-order valence-corrected chi connectivity index (χ4v) is 2.85. The molecule has 0 unspecified atom stereocenters. The average molecular weight is 344 g/mol. The van der Waals surface area contributed by atoms with Crippen LogP contribution in [0.15, 0.2) is 77.6 Å². The Morgan fingerprint density at radius 2 is 1.62 bits per heavy atom. The van der Waals surface area contributed by atoms with Crippen LogP contribution >= 0.6 is 0 Å². The summed E-state index contributed by atoms with van der Waals surface area (Å²) in [6, 6.07) is 22.3. The number of para-hydroxylation sites is 1. The van der Waals surface area contributed by atoms with E-state index in [1.54, 1.807) is 17.7 Å². The lowest BCUT2D eigenvalue weighted by Crippen LogP contribution is -2.25. The van der Waals surface area contributed by atoms with Crippen LogP contribution in [-0.2, 0) is 0 Å². The first kappa shape index (κ1) is 15.8. The van der Waals surface area contributed by atoms with Gasteiger partial charge in [0.15, 0.2) is 5.69 Å². The molecule has 0 bridgehead atoms. The molecule has 2 aromatic heterocycles. The molecule has 0 saturated carbocycles. The highest BCUT2D eigenvalue weighted by molar-refractivity contribution is 5.94. The molecule has 0 amide bonds. The van der Waals surface area contributed by atoms with E-state index in [9.17, 15) is 9.59 Å². The molecule has 0 aliphatic carbocycles. The molecule has 0 aliphatic heterocycles. The monoisotopic (exact) mass is 344 g/mol. The molecule has 0 aliphatic rings. The number of benzene rings is 2. The highest BCUT2D eigenvalue weighted by Crippen LogP contribution is 2.24. The maximum atomic E-state index is 12.8. The smallest absolute Gasteiger partial charge is 0.293 e. The van der Waals surface area contributed by atoms with E-state index >= 15 is 0 Å². The summed E-state index contributed by atoms with van der Waals surface area (Å²) >= 11 is 0. The number of hydrogen-bond donors (Lipinski definition) is 1. The molecule has 6 nitrogen and oxygen atoms in total. The summed E-state index contributed by atoms with van der Waals surface area (Å²) in [4.78, 5) is 24.7. The van der Waals surface area contributed by atoms with Crippen molar-refractivity contribution in [1.82, 2.24) is 19.6 Å². The second-order valence-corrected chi connectivity index (χ2v) is 5.95. The molecule has 4 aromatic rings. The number of carbonyl (C=O) groups excluding carboxylic acids is 1. The Hall–Kier alpha value is -3.67. The molecular weight excluding hydrogens is 328 g/mol. The Labute approximate surface area is 149 Å². The minimum absolute atomic E-state index is 0.191. The van der Waals surface area contributed by atoms with E-state index in [1.807, 2.05) is 60.7 Å². The van der Waals surface area contributed by atoms with E-state index in [-0.39, 0.29) is 5.69 Å². The number of carbonyl (C=O) groups is 1. The highest BCUT2D eigenvalue weighted by Gasteiger charge is 2.19. The van der Waals surface area contributed by atoms with Crippen LogP contribution in [-0.4, -0.2) is 25.5 Å². The van der Waals surface area contributed by atoms with Crippen molar-refractivity contribution >= 4 is 5.91 Å². The van der Waals surface area contributed by atoms with E-state index in [4.69, 9.17) is 0 Å². The lowest BCUT2D eigenvalue weighted by molar-refractivity contribution is 0.0935. The zero-order chi connectivity index (χ0) is 18.1. The number of hydrogen-bond acceptors (Lipinski definition) is 3. The van der Waals surface area contributed by atoms with Crippen molar-refractivity contribution < 1.29 is 4.79 Å². The van der Waals surface area contributed by atoms with Gasteiger partial charge in [0, 0.05) is 17.3 Å². The fraction of sp³-hybridized carbons (Fsp3) is 0.0500. The van der Waals surface area contributed by atoms with Crippen LogP contribution in [0.4, 0.5) is 0 Å². The van der Waals surface area contributed by atoms with Crippen LogP contribution in [0.3, 0.4) is 0 Å². The van der Waals surface area contributed by atoms with Gasteiger partial charge in [-0.05, 0) is 25.1 Å². The van der Waals surface area contributed by atoms with Crippen molar-refractivity contribution in [3.63, 3.8) is 0 Å².